The Morgan fingerprint density at radius 1 is 1.33 bits per heavy atom. The second-order valence-electron chi connectivity index (χ2n) is 6.74. The number of rotatable bonds is 2. The van der Waals surface area contributed by atoms with Crippen molar-refractivity contribution in [2.24, 2.45) is 0 Å². The number of aliphatic hydroxyl groups is 1. The smallest absolute Gasteiger partial charge is 0.321 e. The van der Waals surface area contributed by atoms with Gasteiger partial charge in [0.2, 0.25) is 5.89 Å². The van der Waals surface area contributed by atoms with Crippen molar-refractivity contribution in [2.45, 2.75) is 39.2 Å². The first-order valence-electron chi connectivity index (χ1n) is 8.15. The van der Waals surface area contributed by atoms with E-state index in [0.717, 1.165) is 22.5 Å². The van der Waals surface area contributed by atoms with Crippen LogP contribution in [0.15, 0.2) is 28.9 Å². The summed E-state index contributed by atoms with van der Waals surface area (Å²) < 4.78 is 5.43. The summed E-state index contributed by atoms with van der Waals surface area (Å²) in [5, 5.41) is 13.0. The Bertz CT molecular complexity index is 742. The average molecular weight is 329 g/mol. The van der Waals surface area contributed by atoms with Crippen molar-refractivity contribution in [1.29, 1.82) is 0 Å². The number of carbonyl (C=O) groups is 1. The Kier molecular flexibility index (Phi) is 4.32. The monoisotopic (exact) mass is 329 g/mol. The summed E-state index contributed by atoms with van der Waals surface area (Å²) in [6, 6.07) is 5.59. The van der Waals surface area contributed by atoms with Crippen molar-refractivity contribution in [1.82, 2.24) is 9.88 Å². The fraction of sp³-hybridized carbons (Fsp3) is 0.444. The molecule has 2 aromatic rings. The minimum Gasteiger partial charge on any atom is -0.444 e. The van der Waals surface area contributed by atoms with Gasteiger partial charge in [-0.05, 0) is 51.3 Å². The van der Waals surface area contributed by atoms with E-state index in [0.29, 0.717) is 31.8 Å². The second-order valence-corrected chi connectivity index (χ2v) is 6.74. The predicted octanol–water partition coefficient (Wildman–Crippen LogP) is 3.34. The molecule has 2 amide bonds. The Morgan fingerprint density at radius 3 is 2.67 bits per heavy atom. The van der Waals surface area contributed by atoms with Crippen LogP contribution in [0.4, 0.5) is 10.5 Å². The Morgan fingerprint density at radius 2 is 2.04 bits per heavy atom. The number of nitrogens with zero attached hydrogens (tertiary/aromatic N) is 2. The van der Waals surface area contributed by atoms with E-state index in [9.17, 15) is 9.90 Å². The number of aryl methyl sites for hydroxylation is 2. The molecule has 0 atom stereocenters. The molecule has 2 heterocycles. The number of hydrogen-bond donors (Lipinski definition) is 2. The molecule has 1 aromatic heterocycles. The Hall–Kier alpha value is -2.34. The van der Waals surface area contributed by atoms with Gasteiger partial charge in [-0.15, -0.1) is 0 Å². The third-order valence-electron chi connectivity index (χ3n) is 4.47. The molecule has 1 saturated heterocycles. The molecule has 0 saturated carbocycles. The summed E-state index contributed by atoms with van der Waals surface area (Å²) in [4.78, 5) is 18.5. The fourth-order valence-corrected chi connectivity index (χ4v) is 2.76. The van der Waals surface area contributed by atoms with Gasteiger partial charge < -0.3 is 19.7 Å². The molecule has 2 N–H and O–H groups in total. The molecule has 6 heteroatoms. The number of hydrogen-bond acceptors (Lipinski definition) is 4. The number of oxazole rings is 1. The summed E-state index contributed by atoms with van der Waals surface area (Å²) in [7, 11) is 0. The van der Waals surface area contributed by atoms with E-state index in [2.05, 4.69) is 10.3 Å². The molecule has 0 bridgehead atoms. The van der Waals surface area contributed by atoms with Crippen LogP contribution in [0, 0.1) is 13.8 Å². The van der Waals surface area contributed by atoms with E-state index in [4.69, 9.17) is 4.42 Å². The number of aromatic nitrogens is 1. The number of carbonyl (C=O) groups excluding carboxylic acids is 1. The second kappa shape index (κ2) is 6.28. The van der Waals surface area contributed by atoms with Crippen LogP contribution >= 0.6 is 0 Å². The normalized spacial score (nSPS) is 16.9. The molecule has 0 spiro atoms. The number of nitrogens with one attached hydrogen (secondary N) is 1. The topological polar surface area (TPSA) is 78.6 Å². The summed E-state index contributed by atoms with van der Waals surface area (Å²) in [6.45, 7) is 6.73. The fourth-order valence-electron chi connectivity index (χ4n) is 2.76. The predicted molar refractivity (Wildman–Crippen MR) is 91.9 cm³/mol. The lowest BCUT2D eigenvalue weighted by Crippen LogP contribution is -2.46. The van der Waals surface area contributed by atoms with E-state index < -0.39 is 5.60 Å². The number of anilines is 1. The Balaban J connectivity index is 1.74. The van der Waals surface area contributed by atoms with Gasteiger partial charge in [0.25, 0.3) is 0 Å². The number of piperidine rings is 1. The zero-order valence-corrected chi connectivity index (χ0v) is 14.3. The van der Waals surface area contributed by atoms with Gasteiger partial charge in [-0.2, -0.15) is 0 Å². The summed E-state index contributed by atoms with van der Waals surface area (Å²) in [5.41, 5.74) is 2.68. The molecule has 0 unspecified atom stereocenters. The lowest BCUT2D eigenvalue weighted by molar-refractivity contribution is 0.00570. The molecule has 1 aromatic carbocycles. The maximum absolute atomic E-state index is 12.5. The first-order chi connectivity index (χ1) is 11.3. The van der Waals surface area contributed by atoms with Crippen LogP contribution in [0.5, 0.6) is 0 Å². The van der Waals surface area contributed by atoms with Crippen molar-refractivity contribution in [2.75, 3.05) is 18.4 Å². The van der Waals surface area contributed by atoms with Gasteiger partial charge in [-0.3, -0.25) is 0 Å². The van der Waals surface area contributed by atoms with Crippen molar-refractivity contribution < 1.29 is 14.3 Å². The van der Waals surface area contributed by atoms with E-state index in [1.54, 1.807) is 11.2 Å². The highest BCUT2D eigenvalue weighted by Crippen LogP contribution is 2.26. The molecule has 0 radical (unpaired) electrons. The third kappa shape index (κ3) is 3.59. The number of likely N-dealkylation sites (tertiary alicyclic amines) is 1. The third-order valence-corrected chi connectivity index (χ3v) is 4.47. The van der Waals surface area contributed by atoms with Gasteiger partial charge in [0, 0.05) is 24.3 Å². The number of benzene rings is 1. The van der Waals surface area contributed by atoms with Gasteiger partial charge in [0.15, 0.2) is 0 Å². The van der Waals surface area contributed by atoms with Crippen molar-refractivity contribution in [3.63, 3.8) is 0 Å². The van der Waals surface area contributed by atoms with E-state index >= 15 is 0 Å². The van der Waals surface area contributed by atoms with Gasteiger partial charge in [0.05, 0.1) is 11.3 Å². The van der Waals surface area contributed by atoms with Gasteiger partial charge >= 0.3 is 6.03 Å². The highest BCUT2D eigenvalue weighted by Gasteiger charge is 2.29. The zero-order chi connectivity index (χ0) is 17.3. The van der Waals surface area contributed by atoms with Crippen LogP contribution in [0.2, 0.25) is 0 Å². The standard InChI is InChI=1S/C18H23N3O3/c1-12-4-5-14(16-19-13(2)11-24-16)10-15(12)20-17(22)21-8-6-18(3,23)7-9-21/h4-5,10-11,23H,6-9H2,1-3H3,(H,20,22). The Labute approximate surface area is 141 Å². The maximum atomic E-state index is 12.5. The average Bonchev–Trinajstić information content (AvgIpc) is 2.96. The molecule has 1 aliphatic rings. The first-order valence-corrected chi connectivity index (χ1v) is 8.15. The molecule has 24 heavy (non-hydrogen) atoms. The van der Waals surface area contributed by atoms with Gasteiger partial charge in [0.1, 0.15) is 6.26 Å². The van der Waals surface area contributed by atoms with Crippen molar-refractivity contribution in [3.8, 4) is 11.5 Å². The molecular weight excluding hydrogens is 306 g/mol. The van der Waals surface area contributed by atoms with Crippen molar-refractivity contribution >= 4 is 11.7 Å². The summed E-state index contributed by atoms with van der Waals surface area (Å²) in [6.07, 6.45) is 2.79. The number of amides is 2. The zero-order valence-electron chi connectivity index (χ0n) is 14.3. The van der Waals surface area contributed by atoms with Crippen LogP contribution in [-0.4, -0.2) is 39.7 Å². The van der Waals surface area contributed by atoms with E-state index in [-0.39, 0.29) is 6.03 Å². The van der Waals surface area contributed by atoms with Crippen LogP contribution in [0.1, 0.15) is 31.0 Å². The van der Waals surface area contributed by atoms with Gasteiger partial charge in [-0.25, -0.2) is 9.78 Å². The lowest BCUT2D eigenvalue weighted by atomic mass is 9.94. The van der Waals surface area contributed by atoms with Crippen molar-refractivity contribution in [3.05, 3.63) is 35.7 Å². The molecule has 128 valence electrons. The summed E-state index contributed by atoms with van der Waals surface area (Å²) in [5.74, 6) is 0.539. The van der Waals surface area contributed by atoms with Crippen LogP contribution in [0.3, 0.4) is 0 Å². The molecule has 1 fully saturated rings. The maximum Gasteiger partial charge on any atom is 0.321 e. The SMILES string of the molecule is Cc1coc(-c2ccc(C)c(NC(=O)N3CCC(C)(O)CC3)c2)n1. The molecule has 6 nitrogen and oxygen atoms in total. The van der Waals surface area contributed by atoms with Crippen LogP contribution < -0.4 is 5.32 Å². The lowest BCUT2D eigenvalue weighted by Gasteiger charge is -2.35. The first kappa shape index (κ1) is 16.5. The highest BCUT2D eigenvalue weighted by molar-refractivity contribution is 5.91. The minimum atomic E-state index is -0.671. The highest BCUT2D eigenvalue weighted by atomic mass is 16.3. The van der Waals surface area contributed by atoms with Crippen LogP contribution in [-0.2, 0) is 0 Å². The largest absolute Gasteiger partial charge is 0.444 e. The quantitative estimate of drug-likeness (QED) is 0.886. The van der Waals surface area contributed by atoms with E-state index in [1.165, 1.54) is 0 Å². The molecule has 1 aliphatic heterocycles. The summed E-state index contributed by atoms with van der Waals surface area (Å²) >= 11 is 0. The van der Waals surface area contributed by atoms with Crippen LogP contribution in [0.25, 0.3) is 11.5 Å². The van der Waals surface area contributed by atoms with E-state index in [1.807, 2.05) is 39.0 Å². The minimum absolute atomic E-state index is 0.144. The van der Waals surface area contributed by atoms with Gasteiger partial charge in [-0.1, -0.05) is 6.07 Å². The molecule has 0 aliphatic carbocycles. The molecule has 3 rings (SSSR count). The number of urea groups is 1. The molecular formula is C18H23N3O3.